The van der Waals surface area contributed by atoms with Gasteiger partial charge in [0.15, 0.2) is 0 Å². The van der Waals surface area contributed by atoms with Crippen LogP contribution >= 0.6 is 0 Å². The van der Waals surface area contributed by atoms with Crippen LogP contribution in [0.15, 0.2) is 18.2 Å². The maximum atomic E-state index is 14.0. The fraction of sp³-hybridized carbons (Fsp3) is 0.600. The van der Waals surface area contributed by atoms with Crippen molar-refractivity contribution in [3.05, 3.63) is 29.6 Å². The van der Waals surface area contributed by atoms with Gasteiger partial charge in [-0.2, -0.15) is 0 Å². The third-order valence-electron chi connectivity index (χ3n) is 3.83. The highest BCUT2D eigenvalue weighted by Gasteiger charge is 2.20. The van der Waals surface area contributed by atoms with Gasteiger partial charge in [-0.25, -0.2) is 4.39 Å². The van der Waals surface area contributed by atoms with Crippen LogP contribution in [0, 0.1) is 5.82 Å². The first-order valence-corrected chi connectivity index (χ1v) is 7.25. The average Bonchev–Trinajstić information content (AvgIpc) is 2.64. The second kappa shape index (κ2) is 7.02. The number of halogens is 1. The maximum absolute atomic E-state index is 14.0. The van der Waals surface area contributed by atoms with Gasteiger partial charge >= 0.3 is 0 Å². The van der Waals surface area contributed by atoms with Gasteiger partial charge in [-0.05, 0) is 32.0 Å². The molecule has 112 valence electrons. The predicted molar refractivity (Wildman–Crippen MR) is 79.4 cm³/mol. The van der Waals surface area contributed by atoms with Gasteiger partial charge in [-0.1, -0.05) is 6.07 Å². The Morgan fingerprint density at radius 1 is 1.30 bits per heavy atom. The van der Waals surface area contributed by atoms with Crippen LogP contribution in [0.4, 0.5) is 10.1 Å². The van der Waals surface area contributed by atoms with Crippen molar-refractivity contribution in [1.82, 2.24) is 4.90 Å². The molecule has 0 aromatic heterocycles. The summed E-state index contributed by atoms with van der Waals surface area (Å²) < 4.78 is 14.0. The highest BCUT2D eigenvalue weighted by atomic mass is 19.1. The number of β-amino-alcohol motifs (C(OH)–C–C–N with tert-alkyl or cyclic N) is 1. The predicted octanol–water partition coefficient (Wildman–Crippen LogP) is 1.35. The molecule has 0 amide bonds. The molecule has 0 radical (unpaired) electrons. The molecule has 1 aromatic carbocycles. The van der Waals surface area contributed by atoms with Crippen LogP contribution in [0.5, 0.6) is 0 Å². The quantitative estimate of drug-likeness (QED) is 0.875. The second-order valence-corrected chi connectivity index (χ2v) is 5.37. The van der Waals surface area contributed by atoms with E-state index in [0.717, 1.165) is 38.3 Å². The zero-order valence-corrected chi connectivity index (χ0v) is 12.1. The Kier molecular flexibility index (Phi) is 5.34. The second-order valence-electron chi connectivity index (χ2n) is 5.37. The van der Waals surface area contributed by atoms with Crippen LogP contribution in [-0.4, -0.2) is 49.3 Å². The first-order chi connectivity index (χ1) is 9.63. The van der Waals surface area contributed by atoms with E-state index in [1.807, 2.05) is 13.0 Å². The molecule has 20 heavy (non-hydrogen) atoms. The molecule has 0 spiro atoms. The summed E-state index contributed by atoms with van der Waals surface area (Å²) in [4.78, 5) is 4.45. The minimum absolute atomic E-state index is 0.186. The van der Waals surface area contributed by atoms with Gasteiger partial charge in [0.1, 0.15) is 5.82 Å². The summed E-state index contributed by atoms with van der Waals surface area (Å²) in [5.74, 6) is -0.228. The minimum Gasteiger partial charge on any atom is -0.395 e. The number of nitrogens with two attached hydrogens (primary N) is 1. The fourth-order valence-corrected chi connectivity index (χ4v) is 2.83. The van der Waals surface area contributed by atoms with Crippen molar-refractivity contribution in [2.45, 2.75) is 19.4 Å². The van der Waals surface area contributed by atoms with Crippen molar-refractivity contribution in [3.8, 4) is 0 Å². The van der Waals surface area contributed by atoms with Crippen LogP contribution in [0.25, 0.3) is 0 Å². The molecule has 2 rings (SSSR count). The lowest BCUT2D eigenvalue weighted by atomic mass is 10.0. The van der Waals surface area contributed by atoms with Crippen molar-refractivity contribution in [2.75, 3.05) is 44.2 Å². The molecule has 1 heterocycles. The highest BCUT2D eigenvalue weighted by Crippen LogP contribution is 2.28. The summed E-state index contributed by atoms with van der Waals surface area (Å²) in [6.07, 6.45) is 1.01. The monoisotopic (exact) mass is 281 g/mol. The third-order valence-corrected chi connectivity index (χ3v) is 3.83. The molecular formula is C15H24FN3O. The Bertz CT molecular complexity index is 439. The number of benzene rings is 1. The Labute approximate surface area is 120 Å². The van der Waals surface area contributed by atoms with Gasteiger partial charge < -0.3 is 15.7 Å². The Morgan fingerprint density at radius 2 is 2.10 bits per heavy atom. The van der Waals surface area contributed by atoms with E-state index in [0.29, 0.717) is 12.1 Å². The molecule has 0 saturated carbocycles. The van der Waals surface area contributed by atoms with E-state index in [9.17, 15) is 4.39 Å². The number of anilines is 1. The van der Waals surface area contributed by atoms with Gasteiger partial charge in [0, 0.05) is 43.5 Å². The maximum Gasteiger partial charge on any atom is 0.130 e. The lowest BCUT2D eigenvalue weighted by molar-refractivity contribution is 0.204. The number of nitrogens with zero attached hydrogens (tertiary/aromatic N) is 2. The minimum atomic E-state index is -0.317. The third kappa shape index (κ3) is 3.48. The number of aliphatic hydroxyl groups excluding tert-OH is 1. The Hall–Kier alpha value is -1.17. The highest BCUT2D eigenvalue weighted by molar-refractivity contribution is 5.55. The summed E-state index contributed by atoms with van der Waals surface area (Å²) in [5, 5.41) is 9.03. The van der Waals surface area contributed by atoms with E-state index in [1.54, 1.807) is 6.07 Å². The van der Waals surface area contributed by atoms with Crippen molar-refractivity contribution >= 4 is 5.69 Å². The average molecular weight is 281 g/mol. The van der Waals surface area contributed by atoms with Gasteiger partial charge in [0.25, 0.3) is 0 Å². The standard InChI is InChI=1S/C15H24FN3O/c1-12(17)15-13(16)4-2-5-14(15)19-7-3-6-18(8-9-19)10-11-20/h2,4-5,12,20H,3,6-11,17H2,1H3/t12-/m0/s1. The van der Waals surface area contributed by atoms with Crippen molar-refractivity contribution < 1.29 is 9.50 Å². The van der Waals surface area contributed by atoms with E-state index in [4.69, 9.17) is 10.8 Å². The smallest absolute Gasteiger partial charge is 0.130 e. The normalized spacial score (nSPS) is 18.9. The fourth-order valence-electron chi connectivity index (χ4n) is 2.83. The molecule has 5 heteroatoms. The topological polar surface area (TPSA) is 52.7 Å². The van der Waals surface area contributed by atoms with Crippen LogP contribution in [0.3, 0.4) is 0 Å². The van der Waals surface area contributed by atoms with Gasteiger partial charge in [-0.15, -0.1) is 0 Å². The summed E-state index contributed by atoms with van der Waals surface area (Å²) >= 11 is 0. The van der Waals surface area contributed by atoms with E-state index in [-0.39, 0.29) is 18.5 Å². The first kappa shape index (κ1) is 15.2. The van der Waals surface area contributed by atoms with Crippen molar-refractivity contribution in [1.29, 1.82) is 0 Å². The summed E-state index contributed by atoms with van der Waals surface area (Å²) in [6, 6.07) is 4.84. The molecule has 1 atom stereocenters. The van der Waals surface area contributed by atoms with Crippen LogP contribution in [0.1, 0.15) is 24.9 Å². The largest absolute Gasteiger partial charge is 0.395 e. The van der Waals surface area contributed by atoms with Gasteiger partial charge in [-0.3, -0.25) is 4.90 Å². The van der Waals surface area contributed by atoms with E-state index >= 15 is 0 Å². The van der Waals surface area contributed by atoms with Crippen LogP contribution < -0.4 is 10.6 Å². The zero-order chi connectivity index (χ0) is 14.5. The van der Waals surface area contributed by atoms with Crippen molar-refractivity contribution in [2.24, 2.45) is 5.73 Å². The molecule has 1 fully saturated rings. The Balaban J connectivity index is 2.17. The SMILES string of the molecule is C[C@H](N)c1c(F)cccc1N1CCCN(CCO)CC1. The van der Waals surface area contributed by atoms with E-state index in [2.05, 4.69) is 9.80 Å². The molecule has 1 aliphatic rings. The molecule has 1 aromatic rings. The molecular weight excluding hydrogens is 257 g/mol. The lowest BCUT2D eigenvalue weighted by Crippen LogP contribution is -2.33. The molecule has 0 aliphatic carbocycles. The number of aliphatic hydroxyl groups is 1. The molecule has 4 nitrogen and oxygen atoms in total. The van der Waals surface area contributed by atoms with Gasteiger partial charge in [0.2, 0.25) is 0 Å². The number of rotatable bonds is 4. The van der Waals surface area contributed by atoms with Crippen LogP contribution in [-0.2, 0) is 0 Å². The molecule has 0 bridgehead atoms. The van der Waals surface area contributed by atoms with Crippen LogP contribution in [0.2, 0.25) is 0 Å². The van der Waals surface area contributed by atoms with E-state index in [1.165, 1.54) is 6.07 Å². The summed E-state index contributed by atoms with van der Waals surface area (Å²) in [6.45, 7) is 6.30. The van der Waals surface area contributed by atoms with E-state index < -0.39 is 0 Å². The molecule has 1 saturated heterocycles. The zero-order valence-electron chi connectivity index (χ0n) is 12.1. The molecule has 0 unspecified atom stereocenters. The Morgan fingerprint density at radius 3 is 2.80 bits per heavy atom. The first-order valence-electron chi connectivity index (χ1n) is 7.25. The van der Waals surface area contributed by atoms with Gasteiger partial charge in [0.05, 0.1) is 6.61 Å². The summed E-state index contributed by atoms with van der Waals surface area (Å²) in [5.41, 5.74) is 7.43. The lowest BCUT2D eigenvalue weighted by Gasteiger charge is -2.27. The number of hydrogen-bond donors (Lipinski definition) is 2. The summed E-state index contributed by atoms with van der Waals surface area (Å²) in [7, 11) is 0. The van der Waals surface area contributed by atoms with Crippen molar-refractivity contribution in [3.63, 3.8) is 0 Å². The number of hydrogen-bond acceptors (Lipinski definition) is 4. The molecule has 3 N–H and O–H groups in total. The molecule has 1 aliphatic heterocycles.